The van der Waals surface area contributed by atoms with E-state index >= 15 is 0 Å². The first kappa shape index (κ1) is 20.0. The van der Waals surface area contributed by atoms with Gasteiger partial charge in [0.25, 0.3) is 5.91 Å². The smallest absolute Gasteiger partial charge is 0.329 e. The molecule has 1 atom stereocenters. The van der Waals surface area contributed by atoms with E-state index in [-0.39, 0.29) is 5.92 Å². The largest absolute Gasteiger partial charge is 0.454 e. The minimum atomic E-state index is -0.877. The third-order valence-electron chi connectivity index (χ3n) is 3.64. The summed E-state index contributed by atoms with van der Waals surface area (Å²) in [6.45, 7) is 3.12. The molecule has 0 aromatic heterocycles. The molecule has 0 saturated heterocycles. The predicted molar refractivity (Wildman–Crippen MR) is 103 cm³/mol. The summed E-state index contributed by atoms with van der Waals surface area (Å²) < 4.78 is 5.06. The quantitative estimate of drug-likeness (QED) is 0.654. The summed E-state index contributed by atoms with van der Waals surface area (Å²) in [5.74, 6) is -1.33. The molecule has 142 valence electrons. The van der Waals surface area contributed by atoms with E-state index in [2.05, 4.69) is 16.0 Å². The molecule has 2 rings (SSSR count). The molecule has 3 amide bonds. The van der Waals surface area contributed by atoms with Crippen molar-refractivity contribution in [3.05, 3.63) is 60.7 Å². The number of rotatable bonds is 7. The second-order valence-corrected chi connectivity index (χ2v) is 6.21. The van der Waals surface area contributed by atoms with Gasteiger partial charge < -0.3 is 20.7 Å². The highest BCUT2D eigenvalue weighted by molar-refractivity contribution is 5.95. The van der Waals surface area contributed by atoms with E-state index in [0.29, 0.717) is 11.4 Å². The van der Waals surface area contributed by atoms with Gasteiger partial charge in [-0.3, -0.25) is 4.79 Å². The fourth-order valence-corrected chi connectivity index (χ4v) is 2.27. The minimum absolute atomic E-state index is 0.212. The zero-order valence-electron chi connectivity index (χ0n) is 15.3. The van der Waals surface area contributed by atoms with E-state index in [1.165, 1.54) is 0 Å². The highest BCUT2D eigenvalue weighted by atomic mass is 16.5. The van der Waals surface area contributed by atoms with Crippen molar-refractivity contribution in [3.8, 4) is 0 Å². The van der Waals surface area contributed by atoms with Crippen LogP contribution in [0.5, 0.6) is 0 Å². The van der Waals surface area contributed by atoms with Crippen LogP contribution in [0.3, 0.4) is 0 Å². The molecule has 3 N–H and O–H groups in total. The van der Waals surface area contributed by atoms with Gasteiger partial charge >= 0.3 is 12.0 Å². The van der Waals surface area contributed by atoms with Crippen molar-refractivity contribution < 1.29 is 19.1 Å². The van der Waals surface area contributed by atoms with E-state index < -0.39 is 30.6 Å². The van der Waals surface area contributed by atoms with Gasteiger partial charge in [0.2, 0.25) is 0 Å². The first-order valence-corrected chi connectivity index (χ1v) is 8.60. The van der Waals surface area contributed by atoms with Crippen LogP contribution in [0.15, 0.2) is 60.7 Å². The number of hydrogen-bond donors (Lipinski definition) is 3. The minimum Gasteiger partial charge on any atom is -0.454 e. The van der Waals surface area contributed by atoms with Crippen molar-refractivity contribution >= 4 is 29.3 Å². The lowest BCUT2D eigenvalue weighted by Crippen LogP contribution is -2.47. The lowest BCUT2D eigenvalue weighted by Gasteiger charge is -2.21. The first-order valence-electron chi connectivity index (χ1n) is 8.60. The molecule has 0 bridgehead atoms. The number of carbonyl (C=O) groups is 3. The second-order valence-electron chi connectivity index (χ2n) is 6.21. The lowest BCUT2D eigenvalue weighted by molar-refractivity contribution is -0.150. The van der Waals surface area contributed by atoms with Crippen LogP contribution >= 0.6 is 0 Å². The van der Waals surface area contributed by atoms with Crippen molar-refractivity contribution in [2.24, 2.45) is 5.92 Å². The van der Waals surface area contributed by atoms with Gasteiger partial charge in [0.05, 0.1) is 0 Å². The van der Waals surface area contributed by atoms with E-state index in [4.69, 9.17) is 4.74 Å². The number of nitrogens with one attached hydrogen (secondary N) is 3. The van der Waals surface area contributed by atoms with E-state index in [1.54, 1.807) is 62.4 Å². The van der Waals surface area contributed by atoms with E-state index in [9.17, 15) is 14.4 Å². The summed E-state index contributed by atoms with van der Waals surface area (Å²) in [5, 5.41) is 7.85. The third kappa shape index (κ3) is 6.81. The highest BCUT2D eigenvalue weighted by Crippen LogP contribution is 2.08. The Kier molecular flexibility index (Phi) is 7.37. The van der Waals surface area contributed by atoms with Gasteiger partial charge in [0.1, 0.15) is 6.04 Å². The number of hydrogen-bond acceptors (Lipinski definition) is 4. The Morgan fingerprint density at radius 3 is 1.89 bits per heavy atom. The molecule has 27 heavy (non-hydrogen) atoms. The Labute approximate surface area is 158 Å². The Balaban J connectivity index is 1.85. The van der Waals surface area contributed by atoms with Crippen LogP contribution in [0.4, 0.5) is 16.2 Å². The van der Waals surface area contributed by atoms with Gasteiger partial charge in [-0.2, -0.15) is 0 Å². The average molecular weight is 369 g/mol. The van der Waals surface area contributed by atoms with Crippen LogP contribution in [0, 0.1) is 5.92 Å². The SMILES string of the molecule is CC(C)[C@H](NC(=O)Nc1ccccc1)C(=O)OCC(=O)Nc1ccccc1. The van der Waals surface area contributed by atoms with Gasteiger partial charge in [-0.05, 0) is 30.2 Å². The molecule has 7 nitrogen and oxygen atoms in total. The molecule has 7 heteroatoms. The Morgan fingerprint density at radius 1 is 0.852 bits per heavy atom. The van der Waals surface area contributed by atoms with Crippen molar-refractivity contribution in [2.75, 3.05) is 17.2 Å². The number of ether oxygens (including phenoxy) is 1. The summed E-state index contributed by atoms with van der Waals surface area (Å²) in [6, 6.07) is 16.3. The highest BCUT2D eigenvalue weighted by Gasteiger charge is 2.26. The average Bonchev–Trinajstić information content (AvgIpc) is 2.65. The lowest BCUT2D eigenvalue weighted by atomic mass is 10.1. The van der Waals surface area contributed by atoms with Crippen LogP contribution in [0.2, 0.25) is 0 Å². The third-order valence-corrected chi connectivity index (χ3v) is 3.64. The maximum atomic E-state index is 12.3. The van der Waals surface area contributed by atoms with Crippen LogP contribution < -0.4 is 16.0 Å². The number of esters is 1. The van der Waals surface area contributed by atoms with E-state index in [1.807, 2.05) is 12.1 Å². The summed E-state index contributed by atoms with van der Waals surface area (Å²) in [6.07, 6.45) is 0. The number of urea groups is 1. The molecule has 2 aromatic rings. The van der Waals surface area contributed by atoms with Gasteiger partial charge in [0, 0.05) is 11.4 Å². The van der Waals surface area contributed by atoms with Crippen molar-refractivity contribution in [2.45, 2.75) is 19.9 Å². The normalized spacial score (nSPS) is 11.4. The first-order chi connectivity index (χ1) is 13.0. The Bertz CT molecular complexity index is 763. The van der Waals surface area contributed by atoms with Gasteiger partial charge in [-0.1, -0.05) is 50.2 Å². The molecule has 0 radical (unpaired) electrons. The monoisotopic (exact) mass is 369 g/mol. The summed E-state index contributed by atoms with van der Waals surface area (Å²) in [4.78, 5) is 36.3. The van der Waals surface area contributed by atoms with Gasteiger partial charge in [-0.25, -0.2) is 9.59 Å². The topological polar surface area (TPSA) is 96.5 Å². The maximum absolute atomic E-state index is 12.3. The molecule has 2 aromatic carbocycles. The zero-order valence-corrected chi connectivity index (χ0v) is 15.3. The Hall–Kier alpha value is -3.35. The standard InChI is InChI=1S/C20H23N3O4/c1-14(2)18(23-20(26)22-16-11-7-4-8-12-16)19(25)27-13-17(24)21-15-9-5-3-6-10-15/h3-12,14,18H,13H2,1-2H3,(H,21,24)(H2,22,23,26)/t18-/m0/s1. The summed E-state index contributed by atoms with van der Waals surface area (Å²) >= 11 is 0. The van der Waals surface area contributed by atoms with Crippen molar-refractivity contribution in [3.63, 3.8) is 0 Å². The zero-order chi connectivity index (χ0) is 19.6. The second kappa shape index (κ2) is 9.96. The van der Waals surface area contributed by atoms with Crippen molar-refractivity contribution in [1.82, 2.24) is 5.32 Å². The fourth-order valence-electron chi connectivity index (χ4n) is 2.27. The van der Waals surface area contributed by atoms with Gasteiger partial charge in [-0.15, -0.1) is 0 Å². The van der Waals surface area contributed by atoms with Crippen LogP contribution in [-0.2, 0) is 14.3 Å². The van der Waals surface area contributed by atoms with Crippen molar-refractivity contribution in [1.29, 1.82) is 0 Å². The number of anilines is 2. The van der Waals surface area contributed by atoms with Crippen LogP contribution in [-0.4, -0.2) is 30.6 Å². The number of benzene rings is 2. The molecule has 0 fully saturated rings. The fraction of sp³-hybridized carbons (Fsp3) is 0.250. The summed E-state index contributed by atoms with van der Waals surface area (Å²) in [5.41, 5.74) is 1.22. The number of amides is 3. The van der Waals surface area contributed by atoms with Gasteiger partial charge in [0.15, 0.2) is 6.61 Å². The molecule has 0 spiro atoms. The summed E-state index contributed by atoms with van der Waals surface area (Å²) in [7, 11) is 0. The molecule has 0 heterocycles. The molecular weight excluding hydrogens is 346 g/mol. The van der Waals surface area contributed by atoms with Crippen LogP contribution in [0.1, 0.15) is 13.8 Å². The molecule has 0 saturated carbocycles. The predicted octanol–water partition coefficient (Wildman–Crippen LogP) is 3.01. The maximum Gasteiger partial charge on any atom is 0.329 e. The Morgan fingerprint density at radius 2 is 1.37 bits per heavy atom. The molecule has 0 unspecified atom stereocenters. The molecular formula is C20H23N3O4. The molecule has 0 aliphatic rings. The molecule has 0 aliphatic carbocycles. The molecule has 0 aliphatic heterocycles. The van der Waals surface area contributed by atoms with Crippen LogP contribution in [0.25, 0.3) is 0 Å². The number of carbonyl (C=O) groups excluding carboxylic acids is 3. The van der Waals surface area contributed by atoms with E-state index in [0.717, 1.165) is 0 Å². The number of para-hydroxylation sites is 2.